The average Bonchev–Trinajstić information content (AvgIpc) is 2.33. The summed E-state index contributed by atoms with van der Waals surface area (Å²) in [6.45, 7) is 5.87. The summed E-state index contributed by atoms with van der Waals surface area (Å²) in [6.07, 6.45) is 2.10. The zero-order valence-corrected chi connectivity index (χ0v) is 12.8. The van der Waals surface area contributed by atoms with Crippen LogP contribution in [0.15, 0.2) is 17.7 Å². The standard InChI is InChI=1S/C16H23F2NO/c1-10(2)14(9-19-5)8-13-6-11(3)15(12(4)7-13)20-16(17)18/h6-8,10,16,19H,9H2,1-5H3. The van der Waals surface area contributed by atoms with E-state index in [1.165, 1.54) is 5.57 Å². The zero-order chi connectivity index (χ0) is 15.3. The Labute approximate surface area is 119 Å². The molecule has 0 saturated heterocycles. The minimum absolute atomic E-state index is 0.275. The Bertz CT molecular complexity index is 458. The van der Waals surface area contributed by atoms with Crippen LogP contribution < -0.4 is 10.1 Å². The van der Waals surface area contributed by atoms with Gasteiger partial charge in [-0.25, -0.2) is 0 Å². The Morgan fingerprint density at radius 2 is 1.80 bits per heavy atom. The van der Waals surface area contributed by atoms with Crippen LogP contribution in [0.25, 0.3) is 6.08 Å². The van der Waals surface area contributed by atoms with Gasteiger partial charge in [0.15, 0.2) is 0 Å². The molecule has 0 radical (unpaired) electrons. The summed E-state index contributed by atoms with van der Waals surface area (Å²) >= 11 is 0. The second-order valence-corrected chi connectivity index (χ2v) is 5.27. The fourth-order valence-corrected chi connectivity index (χ4v) is 2.18. The summed E-state index contributed by atoms with van der Waals surface area (Å²) in [6, 6.07) is 3.76. The maximum absolute atomic E-state index is 12.4. The van der Waals surface area contributed by atoms with Crippen LogP contribution in [0.4, 0.5) is 8.78 Å². The smallest absolute Gasteiger partial charge is 0.387 e. The van der Waals surface area contributed by atoms with Crippen LogP contribution in [0.3, 0.4) is 0 Å². The molecule has 0 atom stereocenters. The van der Waals surface area contributed by atoms with Gasteiger partial charge in [-0.15, -0.1) is 0 Å². The Morgan fingerprint density at radius 3 is 2.20 bits per heavy atom. The fraction of sp³-hybridized carbons (Fsp3) is 0.500. The number of likely N-dealkylation sites (N-methyl/N-ethyl adjacent to an activating group) is 1. The maximum Gasteiger partial charge on any atom is 0.387 e. The number of hydrogen-bond donors (Lipinski definition) is 1. The molecular weight excluding hydrogens is 260 g/mol. The van der Waals surface area contributed by atoms with Crippen molar-refractivity contribution in [1.29, 1.82) is 0 Å². The van der Waals surface area contributed by atoms with Gasteiger partial charge >= 0.3 is 6.61 Å². The summed E-state index contributed by atoms with van der Waals surface area (Å²) in [4.78, 5) is 0. The van der Waals surface area contributed by atoms with Gasteiger partial charge in [-0.05, 0) is 55.6 Å². The fourth-order valence-electron chi connectivity index (χ4n) is 2.18. The highest BCUT2D eigenvalue weighted by Crippen LogP contribution is 2.28. The van der Waals surface area contributed by atoms with E-state index in [2.05, 4.69) is 30.0 Å². The lowest BCUT2D eigenvalue weighted by Crippen LogP contribution is -2.13. The molecular formula is C16H23F2NO. The summed E-state index contributed by atoms with van der Waals surface area (Å²) in [7, 11) is 1.91. The Kier molecular flexibility index (Phi) is 6.14. The quantitative estimate of drug-likeness (QED) is 0.846. The van der Waals surface area contributed by atoms with Crippen LogP contribution in [0.2, 0.25) is 0 Å². The van der Waals surface area contributed by atoms with Crippen molar-refractivity contribution in [2.75, 3.05) is 13.6 Å². The largest absolute Gasteiger partial charge is 0.434 e. The Morgan fingerprint density at radius 1 is 1.25 bits per heavy atom. The first-order valence-electron chi connectivity index (χ1n) is 6.76. The number of rotatable bonds is 6. The SMILES string of the molecule is CNCC(=Cc1cc(C)c(OC(F)F)c(C)c1)C(C)C. The van der Waals surface area contributed by atoms with Crippen molar-refractivity contribution in [3.8, 4) is 5.75 Å². The Balaban J connectivity index is 3.12. The van der Waals surface area contributed by atoms with Gasteiger partial charge in [0.25, 0.3) is 0 Å². The average molecular weight is 283 g/mol. The van der Waals surface area contributed by atoms with E-state index in [-0.39, 0.29) is 5.75 Å². The molecule has 4 heteroatoms. The van der Waals surface area contributed by atoms with E-state index in [0.717, 1.165) is 23.2 Å². The maximum atomic E-state index is 12.4. The molecule has 0 unspecified atom stereocenters. The first-order chi connectivity index (χ1) is 9.35. The number of aryl methyl sites for hydroxylation is 2. The van der Waals surface area contributed by atoms with Gasteiger partial charge in [0.05, 0.1) is 0 Å². The van der Waals surface area contributed by atoms with Crippen molar-refractivity contribution in [3.63, 3.8) is 0 Å². The predicted molar refractivity (Wildman–Crippen MR) is 79.3 cm³/mol. The first kappa shape index (κ1) is 16.6. The van der Waals surface area contributed by atoms with E-state index < -0.39 is 6.61 Å². The van der Waals surface area contributed by atoms with E-state index in [1.807, 2.05) is 19.2 Å². The van der Waals surface area contributed by atoms with Crippen molar-refractivity contribution in [3.05, 3.63) is 34.4 Å². The molecule has 0 bridgehead atoms. The molecule has 1 N–H and O–H groups in total. The van der Waals surface area contributed by atoms with Crippen LogP contribution in [0.1, 0.15) is 30.5 Å². The molecule has 0 saturated carbocycles. The second kappa shape index (κ2) is 7.39. The number of halogens is 2. The van der Waals surface area contributed by atoms with Gasteiger partial charge in [-0.3, -0.25) is 0 Å². The third-order valence-corrected chi connectivity index (χ3v) is 3.16. The molecule has 0 heterocycles. The molecule has 20 heavy (non-hydrogen) atoms. The van der Waals surface area contributed by atoms with Crippen molar-refractivity contribution >= 4 is 6.08 Å². The number of nitrogens with one attached hydrogen (secondary N) is 1. The van der Waals surface area contributed by atoms with Crippen LogP contribution in [0.5, 0.6) is 5.75 Å². The first-order valence-corrected chi connectivity index (χ1v) is 6.76. The van der Waals surface area contributed by atoms with E-state index >= 15 is 0 Å². The van der Waals surface area contributed by atoms with Crippen molar-refractivity contribution in [2.45, 2.75) is 34.3 Å². The molecule has 0 aromatic heterocycles. The summed E-state index contributed by atoms with van der Waals surface area (Å²) in [5.74, 6) is 0.705. The molecule has 0 aliphatic carbocycles. The van der Waals surface area contributed by atoms with E-state index in [1.54, 1.807) is 13.8 Å². The summed E-state index contributed by atoms with van der Waals surface area (Å²) < 4.78 is 29.3. The molecule has 0 aliphatic heterocycles. The summed E-state index contributed by atoms with van der Waals surface area (Å²) in [5.41, 5.74) is 3.74. The molecule has 1 rings (SSSR count). The number of benzene rings is 1. The van der Waals surface area contributed by atoms with Gasteiger partial charge in [-0.1, -0.05) is 25.5 Å². The predicted octanol–water partition coefficient (Wildman–Crippen LogP) is 4.16. The molecule has 2 nitrogen and oxygen atoms in total. The van der Waals surface area contributed by atoms with Gasteiger partial charge in [0.2, 0.25) is 0 Å². The molecule has 0 amide bonds. The number of ether oxygens (including phenoxy) is 1. The lowest BCUT2D eigenvalue weighted by atomic mass is 9.98. The van der Waals surface area contributed by atoms with Gasteiger partial charge in [-0.2, -0.15) is 8.78 Å². The monoisotopic (exact) mass is 283 g/mol. The van der Waals surface area contributed by atoms with Crippen molar-refractivity contribution in [2.24, 2.45) is 5.92 Å². The van der Waals surface area contributed by atoms with Gasteiger partial charge < -0.3 is 10.1 Å². The van der Waals surface area contributed by atoms with Crippen LogP contribution in [-0.2, 0) is 0 Å². The summed E-state index contributed by atoms with van der Waals surface area (Å²) in [5, 5.41) is 3.14. The highest BCUT2D eigenvalue weighted by atomic mass is 19.3. The normalized spacial score (nSPS) is 12.3. The van der Waals surface area contributed by atoms with Crippen LogP contribution >= 0.6 is 0 Å². The number of hydrogen-bond acceptors (Lipinski definition) is 2. The van der Waals surface area contributed by atoms with Crippen LogP contribution in [-0.4, -0.2) is 20.2 Å². The third kappa shape index (κ3) is 4.60. The topological polar surface area (TPSA) is 21.3 Å². The molecule has 0 fully saturated rings. The zero-order valence-electron chi connectivity index (χ0n) is 12.8. The van der Waals surface area contributed by atoms with Gasteiger partial charge in [0, 0.05) is 6.54 Å². The minimum Gasteiger partial charge on any atom is -0.434 e. The molecule has 0 aliphatic rings. The molecule has 0 spiro atoms. The van der Waals surface area contributed by atoms with Crippen molar-refractivity contribution in [1.82, 2.24) is 5.32 Å². The molecule has 112 valence electrons. The lowest BCUT2D eigenvalue weighted by molar-refractivity contribution is -0.0507. The molecule has 1 aromatic rings. The van der Waals surface area contributed by atoms with Gasteiger partial charge in [0.1, 0.15) is 5.75 Å². The highest BCUT2D eigenvalue weighted by molar-refractivity contribution is 5.59. The third-order valence-electron chi connectivity index (χ3n) is 3.16. The number of alkyl halides is 2. The van der Waals surface area contributed by atoms with E-state index in [0.29, 0.717) is 5.92 Å². The van der Waals surface area contributed by atoms with Crippen LogP contribution in [0, 0.1) is 19.8 Å². The Hall–Kier alpha value is -1.42. The van der Waals surface area contributed by atoms with Crippen molar-refractivity contribution < 1.29 is 13.5 Å². The molecule has 1 aromatic carbocycles. The lowest BCUT2D eigenvalue weighted by Gasteiger charge is -2.14. The van der Waals surface area contributed by atoms with E-state index in [9.17, 15) is 8.78 Å². The minimum atomic E-state index is -2.79. The highest BCUT2D eigenvalue weighted by Gasteiger charge is 2.11. The second-order valence-electron chi connectivity index (χ2n) is 5.27. The van der Waals surface area contributed by atoms with E-state index in [4.69, 9.17) is 0 Å².